The molecule has 1 rings (SSSR count). The highest BCUT2D eigenvalue weighted by atomic mass is 19.1. The van der Waals surface area contributed by atoms with Gasteiger partial charge in [-0.25, -0.2) is 4.39 Å². The minimum atomic E-state index is -0.889. The molecule has 0 aromatic heterocycles. The molecular formula is C15H18FNO4. The van der Waals surface area contributed by atoms with Crippen LogP contribution in [0.4, 0.5) is 4.39 Å². The van der Waals surface area contributed by atoms with Gasteiger partial charge in [0.15, 0.2) is 11.6 Å². The summed E-state index contributed by atoms with van der Waals surface area (Å²) in [5, 5.41) is 8.52. The Morgan fingerprint density at radius 1 is 1.43 bits per heavy atom. The Morgan fingerprint density at radius 2 is 2.14 bits per heavy atom. The van der Waals surface area contributed by atoms with E-state index in [9.17, 15) is 14.0 Å². The van der Waals surface area contributed by atoms with Crippen LogP contribution in [0.25, 0.3) is 6.08 Å². The van der Waals surface area contributed by atoms with Gasteiger partial charge in [-0.05, 0) is 30.2 Å². The second kappa shape index (κ2) is 8.04. The summed E-state index contributed by atoms with van der Waals surface area (Å²) in [5.74, 6) is -1.51. The first kappa shape index (κ1) is 16.7. The van der Waals surface area contributed by atoms with Gasteiger partial charge in [-0.15, -0.1) is 0 Å². The SMILES string of the molecule is COc1ccc(/C=C\C(=O)N(C)CCCC(=O)O)cc1F. The van der Waals surface area contributed by atoms with Crippen molar-refractivity contribution in [2.24, 2.45) is 0 Å². The van der Waals surface area contributed by atoms with E-state index in [4.69, 9.17) is 9.84 Å². The van der Waals surface area contributed by atoms with Gasteiger partial charge in [0.1, 0.15) is 0 Å². The van der Waals surface area contributed by atoms with Crippen molar-refractivity contribution in [1.29, 1.82) is 0 Å². The summed E-state index contributed by atoms with van der Waals surface area (Å²) >= 11 is 0. The molecule has 0 fully saturated rings. The van der Waals surface area contributed by atoms with Crippen LogP contribution < -0.4 is 4.74 Å². The molecule has 0 spiro atoms. The number of amides is 1. The standard InChI is InChI=1S/C15H18FNO4/c1-17(9-3-4-15(19)20)14(18)8-6-11-5-7-13(21-2)12(16)10-11/h5-8,10H,3-4,9H2,1-2H3,(H,19,20)/b8-6-. The molecule has 0 aliphatic carbocycles. The highest BCUT2D eigenvalue weighted by Crippen LogP contribution is 2.18. The molecule has 0 heterocycles. The van der Waals surface area contributed by atoms with E-state index in [-0.39, 0.29) is 18.1 Å². The molecule has 0 bridgehead atoms. The number of rotatable bonds is 7. The fraction of sp³-hybridized carbons (Fsp3) is 0.333. The van der Waals surface area contributed by atoms with Crippen molar-refractivity contribution < 1.29 is 23.8 Å². The quantitative estimate of drug-likeness (QED) is 0.783. The Labute approximate surface area is 122 Å². The van der Waals surface area contributed by atoms with E-state index in [1.807, 2.05) is 0 Å². The van der Waals surface area contributed by atoms with E-state index in [1.54, 1.807) is 13.1 Å². The Bertz CT molecular complexity index is 542. The first-order valence-corrected chi connectivity index (χ1v) is 6.42. The molecule has 0 saturated carbocycles. The number of benzene rings is 1. The van der Waals surface area contributed by atoms with E-state index in [0.29, 0.717) is 18.5 Å². The average molecular weight is 295 g/mol. The number of carbonyl (C=O) groups is 2. The topological polar surface area (TPSA) is 66.8 Å². The summed E-state index contributed by atoms with van der Waals surface area (Å²) in [6.45, 7) is 0.354. The number of aliphatic carboxylic acids is 1. The Hall–Kier alpha value is -2.37. The summed E-state index contributed by atoms with van der Waals surface area (Å²) in [7, 11) is 2.96. The number of carboxylic acid groups (broad SMARTS) is 1. The molecular weight excluding hydrogens is 277 g/mol. The Morgan fingerprint density at radius 3 is 2.71 bits per heavy atom. The van der Waals surface area contributed by atoms with Gasteiger partial charge in [-0.2, -0.15) is 0 Å². The van der Waals surface area contributed by atoms with Gasteiger partial charge in [0, 0.05) is 26.1 Å². The summed E-state index contributed by atoms with van der Waals surface area (Å²) < 4.78 is 18.3. The largest absolute Gasteiger partial charge is 0.494 e. The molecule has 0 atom stereocenters. The van der Waals surface area contributed by atoms with Gasteiger partial charge in [-0.1, -0.05) is 6.07 Å². The first-order chi connectivity index (χ1) is 9.93. The third-order valence-electron chi connectivity index (χ3n) is 2.85. The molecule has 1 aromatic rings. The predicted octanol–water partition coefficient (Wildman–Crippen LogP) is 2.17. The van der Waals surface area contributed by atoms with Crippen molar-refractivity contribution in [2.75, 3.05) is 20.7 Å². The van der Waals surface area contributed by atoms with Crippen LogP contribution in [0.1, 0.15) is 18.4 Å². The third-order valence-corrected chi connectivity index (χ3v) is 2.85. The number of nitrogens with zero attached hydrogens (tertiary/aromatic N) is 1. The molecule has 0 aliphatic rings. The van der Waals surface area contributed by atoms with Gasteiger partial charge in [0.2, 0.25) is 5.91 Å². The number of carboxylic acids is 1. The Balaban J connectivity index is 2.56. The molecule has 114 valence electrons. The lowest BCUT2D eigenvalue weighted by Gasteiger charge is -2.14. The van der Waals surface area contributed by atoms with Gasteiger partial charge in [0.05, 0.1) is 7.11 Å². The van der Waals surface area contributed by atoms with Crippen LogP contribution in [0, 0.1) is 5.82 Å². The minimum absolute atomic E-state index is 0.0189. The number of carbonyl (C=O) groups excluding carboxylic acids is 1. The monoisotopic (exact) mass is 295 g/mol. The zero-order valence-corrected chi connectivity index (χ0v) is 12.0. The molecule has 1 aromatic carbocycles. The lowest BCUT2D eigenvalue weighted by Crippen LogP contribution is -2.26. The van der Waals surface area contributed by atoms with Crippen LogP contribution >= 0.6 is 0 Å². The van der Waals surface area contributed by atoms with E-state index in [2.05, 4.69) is 0 Å². The maximum atomic E-state index is 13.5. The number of hydrogen-bond donors (Lipinski definition) is 1. The van der Waals surface area contributed by atoms with Gasteiger partial charge >= 0.3 is 5.97 Å². The fourth-order valence-corrected chi connectivity index (χ4v) is 1.66. The molecule has 6 heteroatoms. The number of methoxy groups -OCH3 is 1. The fourth-order valence-electron chi connectivity index (χ4n) is 1.66. The van der Waals surface area contributed by atoms with Crippen molar-refractivity contribution in [2.45, 2.75) is 12.8 Å². The van der Waals surface area contributed by atoms with E-state index >= 15 is 0 Å². The number of hydrogen-bond acceptors (Lipinski definition) is 3. The summed E-state index contributed by atoms with van der Waals surface area (Å²) in [6.07, 6.45) is 3.23. The van der Waals surface area contributed by atoms with Crippen molar-refractivity contribution in [1.82, 2.24) is 4.90 Å². The smallest absolute Gasteiger partial charge is 0.303 e. The molecule has 0 saturated heterocycles. The van der Waals surface area contributed by atoms with Crippen molar-refractivity contribution >= 4 is 18.0 Å². The zero-order valence-electron chi connectivity index (χ0n) is 12.0. The van der Waals surface area contributed by atoms with Crippen molar-refractivity contribution in [3.63, 3.8) is 0 Å². The third kappa shape index (κ3) is 5.64. The van der Waals surface area contributed by atoms with E-state index in [1.165, 1.54) is 36.3 Å². The zero-order chi connectivity index (χ0) is 15.8. The molecule has 1 amide bonds. The maximum Gasteiger partial charge on any atom is 0.303 e. The minimum Gasteiger partial charge on any atom is -0.494 e. The summed E-state index contributed by atoms with van der Waals surface area (Å²) in [4.78, 5) is 23.6. The molecule has 1 N–H and O–H groups in total. The van der Waals surface area contributed by atoms with Crippen molar-refractivity contribution in [3.8, 4) is 5.75 Å². The normalized spacial score (nSPS) is 10.6. The molecule has 0 aliphatic heterocycles. The van der Waals surface area contributed by atoms with Crippen LogP contribution in [-0.4, -0.2) is 42.6 Å². The second-order valence-corrected chi connectivity index (χ2v) is 4.48. The second-order valence-electron chi connectivity index (χ2n) is 4.48. The van der Waals surface area contributed by atoms with E-state index < -0.39 is 11.8 Å². The number of ether oxygens (including phenoxy) is 1. The molecule has 5 nitrogen and oxygen atoms in total. The van der Waals surface area contributed by atoms with Crippen molar-refractivity contribution in [3.05, 3.63) is 35.7 Å². The van der Waals surface area contributed by atoms with Gasteiger partial charge in [0.25, 0.3) is 0 Å². The maximum absolute atomic E-state index is 13.5. The molecule has 21 heavy (non-hydrogen) atoms. The summed E-state index contributed by atoms with van der Waals surface area (Å²) in [6, 6.07) is 4.39. The highest BCUT2D eigenvalue weighted by Gasteiger charge is 2.06. The molecule has 0 unspecified atom stereocenters. The average Bonchev–Trinajstić information content (AvgIpc) is 2.44. The van der Waals surface area contributed by atoms with Crippen LogP contribution in [-0.2, 0) is 9.59 Å². The summed E-state index contributed by atoms with van der Waals surface area (Å²) in [5.41, 5.74) is 0.542. The highest BCUT2D eigenvalue weighted by molar-refractivity contribution is 5.91. The van der Waals surface area contributed by atoms with Crippen LogP contribution in [0.5, 0.6) is 5.75 Å². The number of halogens is 1. The predicted molar refractivity (Wildman–Crippen MR) is 76.5 cm³/mol. The molecule has 0 radical (unpaired) electrons. The van der Waals surface area contributed by atoms with Crippen LogP contribution in [0.3, 0.4) is 0 Å². The Kier molecular flexibility index (Phi) is 6.39. The lowest BCUT2D eigenvalue weighted by atomic mass is 10.2. The van der Waals surface area contributed by atoms with E-state index in [0.717, 1.165) is 0 Å². The van der Waals surface area contributed by atoms with Gasteiger partial charge < -0.3 is 14.7 Å². The number of likely N-dealkylation sites (N-methyl/N-ethyl adjacent to an activating group) is 1. The van der Waals surface area contributed by atoms with Gasteiger partial charge in [-0.3, -0.25) is 9.59 Å². The van der Waals surface area contributed by atoms with Crippen LogP contribution in [0.2, 0.25) is 0 Å². The lowest BCUT2D eigenvalue weighted by molar-refractivity contribution is -0.137. The van der Waals surface area contributed by atoms with Crippen LogP contribution in [0.15, 0.2) is 24.3 Å². The first-order valence-electron chi connectivity index (χ1n) is 6.42.